The molecule has 28 heavy (non-hydrogen) atoms. The fourth-order valence-corrected chi connectivity index (χ4v) is 4.03. The number of rotatable bonds is 5. The van der Waals surface area contributed by atoms with Gasteiger partial charge in [-0.2, -0.15) is 0 Å². The van der Waals surface area contributed by atoms with E-state index in [1.54, 1.807) is 24.3 Å². The number of carbonyl (C=O) groups is 3. The third-order valence-electron chi connectivity index (χ3n) is 5.52. The molecule has 1 aliphatic heterocycles. The van der Waals surface area contributed by atoms with Gasteiger partial charge in [0.05, 0.1) is 11.1 Å². The van der Waals surface area contributed by atoms with Crippen LogP contribution in [0, 0.1) is 0 Å². The standard InChI is InChI=1S/C23H23NO4/c25-21-18-13-7-8-14-19(18)22(26)24(21)20(15-16-9-3-1-4-10-16)23(27)28-17-11-5-2-6-12-17/h1,3-4,7-10,13-14,17,20H,2,5-6,11-12,15H2/t20-/m0/s1. The van der Waals surface area contributed by atoms with Crippen LogP contribution in [0.3, 0.4) is 0 Å². The van der Waals surface area contributed by atoms with Gasteiger partial charge in [0, 0.05) is 6.42 Å². The van der Waals surface area contributed by atoms with Crippen LogP contribution in [0.25, 0.3) is 0 Å². The first-order chi connectivity index (χ1) is 13.6. The van der Waals surface area contributed by atoms with Crippen LogP contribution >= 0.6 is 0 Å². The van der Waals surface area contributed by atoms with Crippen molar-refractivity contribution in [2.24, 2.45) is 0 Å². The summed E-state index contributed by atoms with van der Waals surface area (Å²) in [7, 11) is 0. The molecule has 2 aromatic carbocycles. The Morgan fingerprint density at radius 2 is 1.46 bits per heavy atom. The van der Waals surface area contributed by atoms with E-state index in [0.29, 0.717) is 11.1 Å². The highest BCUT2D eigenvalue weighted by atomic mass is 16.5. The first-order valence-electron chi connectivity index (χ1n) is 9.86. The molecule has 0 spiro atoms. The van der Waals surface area contributed by atoms with Crippen molar-refractivity contribution >= 4 is 17.8 Å². The molecule has 144 valence electrons. The average Bonchev–Trinajstić information content (AvgIpc) is 2.98. The number of hydrogen-bond donors (Lipinski definition) is 0. The van der Waals surface area contributed by atoms with Gasteiger partial charge in [-0.1, -0.05) is 48.9 Å². The second kappa shape index (κ2) is 7.97. The van der Waals surface area contributed by atoms with Crippen LogP contribution in [0.4, 0.5) is 0 Å². The number of esters is 1. The predicted octanol–water partition coefficient (Wildman–Crippen LogP) is 3.77. The zero-order valence-corrected chi connectivity index (χ0v) is 15.7. The lowest BCUT2D eigenvalue weighted by Crippen LogP contribution is -2.48. The molecule has 0 aromatic heterocycles. The number of benzene rings is 2. The van der Waals surface area contributed by atoms with Gasteiger partial charge in [0.25, 0.3) is 11.8 Å². The maximum Gasteiger partial charge on any atom is 0.330 e. The minimum absolute atomic E-state index is 0.130. The van der Waals surface area contributed by atoms with Gasteiger partial charge in [0.2, 0.25) is 0 Å². The number of imide groups is 1. The van der Waals surface area contributed by atoms with E-state index >= 15 is 0 Å². The molecule has 1 aliphatic carbocycles. The number of amides is 2. The maximum absolute atomic E-state index is 13.1. The lowest BCUT2D eigenvalue weighted by Gasteiger charge is -2.28. The van der Waals surface area contributed by atoms with Crippen LogP contribution in [0.15, 0.2) is 54.6 Å². The van der Waals surface area contributed by atoms with Gasteiger partial charge in [-0.05, 0) is 43.4 Å². The summed E-state index contributed by atoms with van der Waals surface area (Å²) in [5.74, 6) is -1.35. The van der Waals surface area contributed by atoms with Crippen LogP contribution in [0.1, 0.15) is 58.4 Å². The van der Waals surface area contributed by atoms with E-state index in [0.717, 1.165) is 42.6 Å². The molecule has 1 fully saturated rings. The molecule has 4 rings (SSSR count). The van der Waals surface area contributed by atoms with E-state index in [1.807, 2.05) is 30.3 Å². The Hall–Kier alpha value is -2.95. The minimum Gasteiger partial charge on any atom is -0.461 e. The summed E-state index contributed by atoms with van der Waals surface area (Å²) in [6.07, 6.45) is 5.02. The monoisotopic (exact) mass is 377 g/mol. The third kappa shape index (κ3) is 3.57. The molecular weight excluding hydrogens is 354 g/mol. The summed E-state index contributed by atoms with van der Waals surface area (Å²) in [5.41, 5.74) is 1.57. The molecule has 5 heteroatoms. The van der Waals surface area contributed by atoms with Gasteiger partial charge >= 0.3 is 5.97 Å². The van der Waals surface area contributed by atoms with Crippen molar-refractivity contribution < 1.29 is 19.1 Å². The summed E-state index contributed by atoms with van der Waals surface area (Å²) in [6, 6.07) is 15.2. The van der Waals surface area contributed by atoms with E-state index in [9.17, 15) is 14.4 Å². The molecule has 0 unspecified atom stereocenters. The van der Waals surface area contributed by atoms with E-state index in [-0.39, 0.29) is 12.5 Å². The molecular formula is C23H23NO4. The molecule has 2 aliphatic rings. The van der Waals surface area contributed by atoms with Crippen molar-refractivity contribution in [3.63, 3.8) is 0 Å². The van der Waals surface area contributed by atoms with Crippen LogP contribution in [0.2, 0.25) is 0 Å². The molecule has 0 bridgehead atoms. The summed E-state index contributed by atoms with van der Waals surface area (Å²) < 4.78 is 5.75. The molecule has 5 nitrogen and oxygen atoms in total. The number of hydrogen-bond acceptors (Lipinski definition) is 4. The normalized spacial score (nSPS) is 18.1. The lowest BCUT2D eigenvalue weighted by molar-refractivity contribution is -0.155. The van der Waals surface area contributed by atoms with Gasteiger partial charge in [0.1, 0.15) is 12.1 Å². The summed E-state index contributed by atoms with van der Waals surface area (Å²) in [5, 5.41) is 0. The third-order valence-corrected chi connectivity index (χ3v) is 5.52. The Morgan fingerprint density at radius 1 is 0.893 bits per heavy atom. The van der Waals surface area contributed by atoms with Crippen molar-refractivity contribution in [3.05, 3.63) is 71.3 Å². The van der Waals surface area contributed by atoms with Gasteiger partial charge < -0.3 is 4.74 Å². The van der Waals surface area contributed by atoms with Gasteiger partial charge in [-0.25, -0.2) is 4.79 Å². The van der Waals surface area contributed by atoms with Crippen molar-refractivity contribution in [3.8, 4) is 0 Å². The SMILES string of the molecule is O=C(OC1CCCCC1)[C@H](Cc1ccccc1)N1C(=O)c2ccccc2C1=O. The Kier molecular flexibility index (Phi) is 5.24. The summed E-state index contributed by atoms with van der Waals surface area (Å²) >= 11 is 0. The first-order valence-corrected chi connectivity index (χ1v) is 9.86. The highest BCUT2D eigenvalue weighted by Crippen LogP contribution is 2.28. The minimum atomic E-state index is -0.961. The Morgan fingerprint density at radius 3 is 2.07 bits per heavy atom. The Labute approximate surface area is 164 Å². The van der Waals surface area contributed by atoms with Crippen LogP contribution in [-0.2, 0) is 16.0 Å². The van der Waals surface area contributed by atoms with Crippen molar-refractivity contribution in [2.75, 3.05) is 0 Å². The second-order valence-electron chi connectivity index (χ2n) is 7.43. The van der Waals surface area contributed by atoms with Gasteiger partial charge in [0.15, 0.2) is 0 Å². The quantitative estimate of drug-likeness (QED) is 0.588. The van der Waals surface area contributed by atoms with Gasteiger partial charge in [-0.3, -0.25) is 14.5 Å². The first kappa shape index (κ1) is 18.4. The van der Waals surface area contributed by atoms with Crippen LogP contribution in [-0.4, -0.2) is 34.8 Å². The van der Waals surface area contributed by atoms with Gasteiger partial charge in [-0.15, -0.1) is 0 Å². The van der Waals surface area contributed by atoms with Crippen LogP contribution in [0.5, 0.6) is 0 Å². The molecule has 2 aromatic rings. The molecule has 2 amide bonds. The summed E-state index contributed by atoms with van der Waals surface area (Å²) in [6.45, 7) is 0. The largest absolute Gasteiger partial charge is 0.461 e. The number of carbonyl (C=O) groups excluding carboxylic acids is 3. The van der Waals surface area contributed by atoms with E-state index < -0.39 is 23.8 Å². The van der Waals surface area contributed by atoms with E-state index in [1.165, 1.54) is 0 Å². The zero-order chi connectivity index (χ0) is 19.5. The number of ether oxygens (including phenoxy) is 1. The van der Waals surface area contributed by atoms with Crippen molar-refractivity contribution in [1.29, 1.82) is 0 Å². The molecule has 0 saturated heterocycles. The maximum atomic E-state index is 13.1. The van der Waals surface area contributed by atoms with E-state index in [4.69, 9.17) is 4.74 Å². The summed E-state index contributed by atoms with van der Waals surface area (Å²) in [4.78, 5) is 40.0. The Balaban J connectivity index is 1.62. The lowest BCUT2D eigenvalue weighted by atomic mass is 9.97. The van der Waals surface area contributed by atoms with Crippen molar-refractivity contribution in [1.82, 2.24) is 4.90 Å². The smallest absolute Gasteiger partial charge is 0.330 e. The molecule has 0 N–H and O–H groups in total. The molecule has 1 saturated carbocycles. The molecule has 0 radical (unpaired) electrons. The molecule has 1 heterocycles. The molecule has 1 atom stereocenters. The second-order valence-corrected chi connectivity index (χ2v) is 7.43. The topological polar surface area (TPSA) is 63.7 Å². The Bertz CT molecular complexity index is 851. The predicted molar refractivity (Wildman–Crippen MR) is 104 cm³/mol. The fourth-order valence-electron chi connectivity index (χ4n) is 4.03. The highest BCUT2D eigenvalue weighted by molar-refractivity contribution is 6.22. The fraction of sp³-hybridized carbons (Fsp3) is 0.348. The average molecular weight is 377 g/mol. The van der Waals surface area contributed by atoms with Crippen molar-refractivity contribution in [2.45, 2.75) is 50.7 Å². The van der Waals surface area contributed by atoms with E-state index in [2.05, 4.69) is 0 Å². The number of fused-ring (bicyclic) bond motifs is 1. The van der Waals surface area contributed by atoms with Crippen LogP contribution < -0.4 is 0 Å². The number of nitrogens with zero attached hydrogens (tertiary/aromatic N) is 1. The zero-order valence-electron chi connectivity index (χ0n) is 15.7. The highest BCUT2D eigenvalue weighted by Gasteiger charge is 2.43.